The third-order valence-corrected chi connectivity index (χ3v) is 13.7. The predicted molar refractivity (Wildman–Crippen MR) is 191 cm³/mol. The minimum Gasteiger partial charge on any atom is -0.450 e. The number of carbonyl (C=O) groups is 4. The highest BCUT2D eigenvalue weighted by Crippen LogP contribution is 2.69. The minimum absolute atomic E-state index is 0.00933. The molecule has 0 radical (unpaired) electrons. The van der Waals surface area contributed by atoms with Crippen LogP contribution in [0, 0.1) is 11.3 Å². The van der Waals surface area contributed by atoms with Crippen molar-refractivity contribution in [3.05, 3.63) is 65.2 Å². The molecule has 51 heavy (non-hydrogen) atoms. The summed E-state index contributed by atoms with van der Waals surface area (Å²) in [4.78, 5) is 70.0. The zero-order chi connectivity index (χ0) is 36.6. The normalized spacial score (nSPS) is 28.6. The lowest BCUT2D eigenvalue weighted by molar-refractivity contribution is -0.142. The van der Waals surface area contributed by atoms with Crippen LogP contribution >= 0.6 is 7.37 Å². The van der Waals surface area contributed by atoms with Crippen LogP contribution in [0.4, 0.5) is 9.59 Å². The molecule has 3 heterocycles. The molecular formula is C38H51N4O8P. The summed E-state index contributed by atoms with van der Waals surface area (Å²) in [6.45, 7) is 8.29. The van der Waals surface area contributed by atoms with Gasteiger partial charge < -0.3 is 29.9 Å². The Hall–Kier alpha value is -3.89. The van der Waals surface area contributed by atoms with Crippen LogP contribution in [0.1, 0.15) is 89.3 Å². The third kappa shape index (κ3) is 7.54. The summed E-state index contributed by atoms with van der Waals surface area (Å²) in [6, 6.07) is 12.2. The number of fused-ring (bicyclic) bond motifs is 3. The van der Waals surface area contributed by atoms with E-state index in [1.165, 1.54) is 10.5 Å². The average molecular weight is 723 g/mol. The maximum Gasteiger partial charge on any atom is 0.410 e. The van der Waals surface area contributed by atoms with E-state index in [9.17, 15) is 28.6 Å². The van der Waals surface area contributed by atoms with E-state index in [-0.39, 0.29) is 30.8 Å². The number of cyclic esters (lactones) is 1. The fourth-order valence-electron chi connectivity index (χ4n) is 7.91. The topological polar surface area (TPSA) is 155 Å². The van der Waals surface area contributed by atoms with Crippen molar-refractivity contribution in [3.8, 4) is 0 Å². The van der Waals surface area contributed by atoms with E-state index in [0.29, 0.717) is 32.4 Å². The first-order chi connectivity index (χ1) is 24.2. The second-order valence-corrected chi connectivity index (χ2v) is 18.0. The van der Waals surface area contributed by atoms with Crippen molar-refractivity contribution in [2.24, 2.45) is 11.3 Å². The first-order valence-corrected chi connectivity index (χ1v) is 19.9. The van der Waals surface area contributed by atoms with Crippen molar-refractivity contribution in [2.75, 3.05) is 13.2 Å². The van der Waals surface area contributed by atoms with Gasteiger partial charge in [-0.2, -0.15) is 0 Å². The Balaban J connectivity index is 1.29. The maximum atomic E-state index is 14.4. The summed E-state index contributed by atoms with van der Waals surface area (Å²) < 4.78 is 25.6. The van der Waals surface area contributed by atoms with Gasteiger partial charge >= 0.3 is 12.2 Å². The molecule has 2 aromatic carbocycles. The zero-order valence-electron chi connectivity index (χ0n) is 30.1. The predicted octanol–water partition coefficient (Wildman–Crippen LogP) is 5.20. The second-order valence-electron chi connectivity index (χ2n) is 15.5. The maximum absolute atomic E-state index is 14.4. The minimum atomic E-state index is -4.11. The Morgan fingerprint density at radius 1 is 1.02 bits per heavy atom. The van der Waals surface area contributed by atoms with E-state index < -0.39 is 60.3 Å². The summed E-state index contributed by atoms with van der Waals surface area (Å²) in [5.41, 5.74) is 2.63. The monoisotopic (exact) mass is 722 g/mol. The summed E-state index contributed by atoms with van der Waals surface area (Å²) >= 11 is 0. The molecule has 13 heteroatoms. The SMILES string of the molecule is CC[C@H]1C[C@]1(NC(=O)[C@@H]1C[C@@H]2CN1C(=O)[C@H](C(C)(C)C)NC(=O)OCCCCCCc1cccc3c1CN(C3)C(=O)O2)P(=O)(O)c1ccccc1. The van der Waals surface area contributed by atoms with Crippen LogP contribution in [-0.4, -0.2) is 75.3 Å². The molecule has 12 nitrogen and oxygen atoms in total. The first kappa shape index (κ1) is 36.9. The van der Waals surface area contributed by atoms with Crippen LogP contribution in [0.5, 0.6) is 0 Å². The van der Waals surface area contributed by atoms with E-state index in [0.717, 1.165) is 36.8 Å². The Morgan fingerprint density at radius 3 is 2.45 bits per heavy atom. The van der Waals surface area contributed by atoms with Gasteiger partial charge in [0, 0.05) is 24.8 Å². The van der Waals surface area contributed by atoms with Crippen molar-refractivity contribution in [2.45, 2.75) is 116 Å². The largest absolute Gasteiger partial charge is 0.450 e. The lowest BCUT2D eigenvalue weighted by atomic mass is 9.85. The number of hydrogen-bond acceptors (Lipinski definition) is 7. The van der Waals surface area contributed by atoms with Gasteiger partial charge in [0.25, 0.3) is 7.37 Å². The Bertz CT molecular complexity index is 1700. The van der Waals surface area contributed by atoms with Crippen molar-refractivity contribution in [1.82, 2.24) is 20.4 Å². The number of carbonyl (C=O) groups excluding carboxylic acids is 4. The van der Waals surface area contributed by atoms with Gasteiger partial charge in [0.2, 0.25) is 11.8 Å². The molecule has 6 atom stereocenters. The van der Waals surface area contributed by atoms with Gasteiger partial charge in [-0.3, -0.25) is 19.1 Å². The molecule has 276 valence electrons. The molecule has 1 saturated heterocycles. The number of ether oxygens (including phenoxy) is 2. The van der Waals surface area contributed by atoms with Crippen LogP contribution in [0.2, 0.25) is 0 Å². The van der Waals surface area contributed by atoms with Gasteiger partial charge in [-0.25, -0.2) is 9.59 Å². The Labute approximate surface area is 300 Å². The van der Waals surface area contributed by atoms with Crippen LogP contribution in [0.3, 0.4) is 0 Å². The molecule has 3 N–H and O–H groups in total. The van der Waals surface area contributed by atoms with Gasteiger partial charge in [-0.1, -0.05) is 83.4 Å². The van der Waals surface area contributed by atoms with Gasteiger partial charge in [0.1, 0.15) is 23.5 Å². The molecular weight excluding hydrogens is 671 g/mol. The standard InChI is InChI=1S/C38H51N4O8P/c1-5-27-21-38(27,51(47,48)29-17-10-8-11-18-29)40-33(43)31-20-28-23-42(31)34(44)32(37(2,3)4)39-35(45)49-19-12-7-6-9-14-25-15-13-16-26-22-41(24-30(25)26)36(46)50-28/h8,10-11,13,15-18,27-28,31-32H,5-7,9,12,14,19-24H2,1-4H3,(H,39,45)(H,40,43)(H,47,48)/t27-,28+,31-,32+,38-/m0/s1. The van der Waals surface area contributed by atoms with Gasteiger partial charge in [0.05, 0.1) is 13.2 Å². The summed E-state index contributed by atoms with van der Waals surface area (Å²) in [7, 11) is -4.11. The number of rotatable bonds is 5. The molecule has 0 aromatic heterocycles. The number of alkyl carbamates (subject to hydrolysis) is 1. The molecule has 2 fully saturated rings. The molecule has 1 aliphatic carbocycles. The van der Waals surface area contributed by atoms with E-state index in [1.54, 1.807) is 35.2 Å². The van der Waals surface area contributed by atoms with Gasteiger partial charge in [-0.05, 0) is 65.8 Å². The fourth-order valence-corrected chi connectivity index (χ4v) is 10.4. The van der Waals surface area contributed by atoms with Crippen LogP contribution in [0.25, 0.3) is 0 Å². The zero-order valence-corrected chi connectivity index (χ0v) is 31.0. The highest BCUT2D eigenvalue weighted by molar-refractivity contribution is 7.68. The molecule has 4 bridgehead atoms. The number of aryl methyl sites for hydroxylation is 1. The average Bonchev–Trinajstić information content (AvgIpc) is 3.41. The summed E-state index contributed by atoms with van der Waals surface area (Å²) in [5.74, 6) is -1.37. The molecule has 0 spiro atoms. The Morgan fingerprint density at radius 2 is 1.75 bits per heavy atom. The van der Waals surface area contributed by atoms with E-state index in [4.69, 9.17) is 9.47 Å². The highest BCUT2D eigenvalue weighted by Gasteiger charge is 2.66. The molecule has 2 aromatic rings. The lowest BCUT2D eigenvalue weighted by Gasteiger charge is -2.35. The summed E-state index contributed by atoms with van der Waals surface area (Å²) in [6.07, 6.45) is 3.15. The van der Waals surface area contributed by atoms with Crippen LogP contribution in [0.15, 0.2) is 48.5 Å². The number of amides is 4. The molecule has 3 aliphatic heterocycles. The van der Waals surface area contributed by atoms with E-state index >= 15 is 0 Å². The third-order valence-electron chi connectivity index (χ3n) is 11.0. The van der Waals surface area contributed by atoms with Crippen molar-refractivity contribution in [3.63, 3.8) is 0 Å². The first-order valence-electron chi connectivity index (χ1n) is 18.2. The van der Waals surface area contributed by atoms with Crippen molar-refractivity contribution >= 4 is 36.7 Å². The lowest BCUT2D eigenvalue weighted by Crippen LogP contribution is -2.58. The number of hydrogen-bond donors (Lipinski definition) is 3. The molecule has 6 rings (SSSR count). The number of nitrogens with zero attached hydrogens (tertiary/aromatic N) is 2. The second kappa shape index (κ2) is 14.6. The molecule has 4 amide bonds. The smallest absolute Gasteiger partial charge is 0.410 e. The summed E-state index contributed by atoms with van der Waals surface area (Å²) in [5, 5.41) is 4.54. The van der Waals surface area contributed by atoms with E-state index in [2.05, 4.69) is 16.7 Å². The van der Waals surface area contributed by atoms with Gasteiger partial charge in [0.15, 0.2) is 0 Å². The molecule has 4 aliphatic rings. The van der Waals surface area contributed by atoms with Gasteiger partial charge in [-0.15, -0.1) is 0 Å². The quantitative estimate of drug-likeness (QED) is 0.356. The number of benzene rings is 2. The molecule has 1 unspecified atom stereocenters. The number of nitrogens with one attached hydrogen (secondary N) is 2. The fraction of sp³-hybridized carbons (Fsp3) is 0.579. The Kier molecular flexibility index (Phi) is 10.6. The van der Waals surface area contributed by atoms with E-state index in [1.807, 2.05) is 39.8 Å². The van der Waals surface area contributed by atoms with Crippen molar-refractivity contribution in [1.29, 1.82) is 0 Å². The van der Waals surface area contributed by atoms with Crippen LogP contribution in [-0.2, 0) is 43.1 Å². The van der Waals surface area contributed by atoms with Crippen LogP contribution < -0.4 is 15.9 Å². The molecule has 1 saturated carbocycles. The highest BCUT2D eigenvalue weighted by atomic mass is 31.2. The van der Waals surface area contributed by atoms with Crippen molar-refractivity contribution < 1.29 is 38.1 Å².